The number of halogens is 1. The number of hydrogen-bond acceptors (Lipinski definition) is 7. The van der Waals surface area contributed by atoms with Crippen molar-refractivity contribution in [3.05, 3.63) is 54.2 Å². The van der Waals surface area contributed by atoms with Crippen molar-refractivity contribution in [1.82, 2.24) is 9.47 Å². The monoisotopic (exact) mass is 615 g/mol. The number of rotatable bonds is 15. The van der Waals surface area contributed by atoms with Crippen LogP contribution in [0.2, 0.25) is 0 Å². The first-order chi connectivity index (χ1) is 20.3. The summed E-state index contributed by atoms with van der Waals surface area (Å²) in [5.41, 5.74) is 9.15. The highest BCUT2D eigenvalue weighted by atomic mass is 31.1. The van der Waals surface area contributed by atoms with E-state index in [1.807, 2.05) is 41.0 Å². The summed E-state index contributed by atoms with van der Waals surface area (Å²) in [6, 6.07) is 16.4. The molecule has 3 aromatic rings. The van der Waals surface area contributed by atoms with Crippen molar-refractivity contribution in [1.29, 1.82) is 0 Å². The zero-order valence-electron chi connectivity index (χ0n) is 24.4. The van der Waals surface area contributed by atoms with Gasteiger partial charge in [-0.1, -0.05) is 30.5 Å². The van der Waals surface area contributed by atoms with E-state index in [0.29, 0.717) is 52.2 Å². The van der Waals surface area contributed by atoms with E-state index in [4.69, 9.17) is 19.9 Å². The van der Waals surface area contributed by atoms with E-state index >= 15 is 0 Å². The minimum atomic E-state index is -1.53. The number of benzene rings is 2. The molecule has 0 spiro atoms. The number of ether oxygens (including phenoxy) is 3. The molecule has 0 saturated carbocycles. The van der Waals surface area contributed by atoms with E-state index in [2.05, 4.69) is 65.0 Å². The van der Waals surface area contributed by atoms with Crippen LogP contribution in [0, 0.1) is 11.8 Å². The molecule has 1 aromatic heterocycles. The van der Waals surface area contributed by atoms with Crippen LogP contribution >= 0.6 is 18.5 Å². The lowest BCUT2D eigenvalue weighted by Crippen LogP contribution is -2.36. The van der Waals surface area contributed by atoms with Gasteiger partial charge in [-0.2, -0.15) is 0 Å². The average Bonchev–Trinajstić information content (AvgIpc) is 3.31. The minimum Gasteiger partial charge on any atom is -0.491 e. The molecular formula is C31H44FN5O3P2. The number of piperidine rings is 1. The van der Waals surface area contributed by atoms with E-state index in [1.165, 1.54) is 0 Å². The van der Waals surface area contributed by atoms with Crippen LogP contribution in [0.3, 0.4) is 0 Å². The van der Waals surface area contributed by atoms with Crippen LogP contribution in [0.1, 0.15) is 18.5 Å². The molecule has 2 atom stereocenters. The lowest BCUT2D eigenvalue weighted by atomic mass is 10.0. The maximum atomic E-state index is 14.8. The van der Waals surface area contributed by atoms with E-state index in [0.717, 1.165) is 59.7 Å². The Morgan fingerprint density at radius 2 is 1.74 bits per heavy atom. The van der Waals surface area contributed by atoms with Gasteiger partial charge in [-0.25, -0.2) is 4.39 Å². The molecule has 4 N–H and O–H groups in total. The van der Waals surface area contributed by atoms with Gasteiger partial charge in [0.05, 0.1) is 50.7 Å². The molecule has 1 saturated heterocycles. The number of aromatic nitrogens is 1. The Bertz CT molecular complexity index is 1310. The van der Waals surface area contributed by atoms with Crippen molar-refractivity contribution in [2.24, 2.45) is 5.73 Å². The SMILES string of the molecule is CN1CCC(Nc2cccc3c2cc(C#CCNc2ccc(OCCOCCOCCN)cc2)n3CC(F)(P)P)CC1. The van der Waals surface area contributed by atoms with Crippen LogP contribution in [-0.4, -0.2) is 86.9 Å². The molecular weight excluding hydrogens is 571 g/mol. The third-order valence-corrected chi connectivity index (χ3v) is 7.37. The molecule has 0 radical (unpaired) electrons. The summed E-state index contributed by atoms with van der Waals surface area (Å²) in [5.74, 6) is 7.26. The third-order valence-electron chi connectivity index (χ3n) is 7.01. The second kappa shape index (κ2) is 16.4. The Balaban J connectivity index is 1.34. The highest BCUT2D eigenvalue weighted by Gasteiger charge is 2.22. The Morgan fingerprint density at radius 1 is 1.02 bits per heavy atom. The van der Waals surface area contributed by atoms with Gasteiger partial charge in [0, 0.05) is 29.3 Å². The highest BCUT2D eigenvalue weighted by Crippen LogP contribution is 2.35. The fourth-order valence-electron chi connectivity index (χ4n) is 4.87. The van der Waals surface area contributed by atoms with Gasteiger partial charge in [0.25, 0.3) is 0 Å². The van der Waals surface area contributed by atoms with Gasteiger partial charge < -0.3 is 40.0 Å². The predicted molar refractivity (Wildman–Crippen MR) is 177 cm³/mol. The highest BCUT2D eigenvalue weighted by molar-refractivity contribution is 7.39. The van der Waals surface area contributed by atoms with Crippen LogP contribution in [0.5, 0.6) is 5.75 Å². The molecule has 0 amide bonds. The molecule has 228 valence electrons. The van der Waals surface area contributed by atoms with Gasteiger partial charge in [0.1, 0.15) is 12.4 Å². The fourth-order valence-corrected chi connectivity index (χ4v) is 5.24. The van der Waals surface area contributed by atoms with Gasteiger partial charge in [-0.05, 0) is 81.4 Å². The summed E-state index contributed by atoms with van der Waals surface area (Å²) in [6.07, 6.45) is 2.20. The fraction of sp³-hybridized carbons (Fsp3) is 0.484. The maximum Gasteiger partial charge on any atom is 0.153 e. The second-order valence-electron chi connectivity index (χ2n) is 10.5. The molecule has 11 heteroatoms. The van der Waals surface area contributed by atoms with Crippen LogP contribution in [0.4, 0.5) is 15.8 Å². The Hall–Kier alpha value is -2.43. The largest absolute Gasteiger partial charge is 0.491 e. The zero-order chi connectivity index (χ0) is 29.8. The summed E-state index contributed by atoms with van der Waals surface area (Å²) in [5, 5.41) is 6.60. The van der Waals surface area contributed by atoms with Crippen molar-refractivity contribution in [3.8, 4) is 17.6 Å². The number of nitrogens with zero attached hydrogens (tertiary/aromatic N) is 2. The van der Waals surface area contributed by atoms with E-state index in [-0.39, 0.29) is 6.54 Å². The molecule has 2 aromatic carbocycles. The number of nitrogens with one attached hydrogen (secondary N) is 2. The number of fused-ring (bicyclic) bond motifs is 1. The number of anilines is 2. The van der Waals surface area contributed by atoms with Crippen LogP contribution in [0.25, 0.3) is 10.9 Å². The first kappa shape index (κ1) is 32.5. The smallest absolute Gasteiger partial charge is 0.153 e. The van der Waals surface area contributed by atoms with E-state index in [1.54, 1.807) is 0 Å². The Morgan fingerprint density at radius 3 is 2.45 bits per heavy atom. The lowest BCUT2D eigenvalue weighted by molar-refractivity contribution is 0.0388. The van der Waals surface area contributed by atoms with E-state index < -0.39 is 5.15 Å². The normalized spacial score (nSPS) is 14.5. The standard InChI is InChI=1S/C31H44FN5O3P2/c1-36-15-11-25(12-16-36)35-29-5-2-6-30-28(29)22-26(37(30)23-31(32,41)42)4-3-14-34-24-7-9-27(10-8-24)40-21-20-39-19-18-38-17-13-33/h2,5-10,22,25,34-35H,11-21,23,33,41-42H2,1H3. The van der Waals surface area contributed by atoms with Gasteiger partial charge in [0.2, 0.25) is 0 Å². The van der Waals surface area contributed by atoms with Crippen molar-refractivity contribution < 1.29 is 18.6 Å². The second-order valence-corrected chi connectivity index (χ2v) is 13.1. The van der Waals surface area contributed by atoms with Crippen molar-refractivity contribution in [2.75, 3.05) is 76.9 Å². The van der Waals surface area contributed by atoms with Gasteiger partial charge >= 0.3 is 0 Å². The molecule has 2 unspecified atom stereocenters. The van der Waals surface area contributed by atoms with Crippen LogP contribution in [0.15, 0.2) is 48.5 Å². The van der Waals surface area contributed by atoms with Crippen LogP contribution < -0.4 is 21.1 Å². The summed E-state index contributed by atoms with van der Waals surface area (Å²) in [6.45, 7) is 5.85. The van der Waals surface area contributed by atoms with Gasteiger partial charge in [0.15, 0.2) is 5.15 Å². The Kier molecular flexibility index (Phi) is 12.7. The quantitative estimate of drug-likeness (QED) is 0.133. The molecule has 8 nitrogen and oxygen atoms in total. The van der Waals surface area contributed by atoms with Crippen molar-refractivity contribution in [2.45, 2.75) is 30.6 Å². The number of nitrogens with two attached hydrogens (primary N) is 1. The molecule has 0 aliphatic carbocycles. The van der Waals surface area contributed by atoms with Gasteiger partial charge in [-0.15, -0.1) is 0 Å². The molecule has 1 aliphatic heterocycles. The molecule has 1 fully saturated rings. The molecule has 2 heterocycles. The summed E-state index contributed by atoms with van der Waals surface area (Å²) in [7, 11) is 6.71. The number of hydrogen-bond donors (Lipinski definition) is 3. The predicted octanol–water partition coefficient (Wildman–Crippen LogP) is 4.36. The first-order valence-corrected chi connectivity index (χ1v) is 15.6. The van der Waals surface area contributed by atoms with Gasteiger partial charge in [-0.3, -0.25) is 0 Å². The van der Waals surface area contributed by atoms with Crippen molar-refractivity contribution >= 4 is 40.8 Å². The maximum absolute atomic E-state index is 14.8. The summed E-state index contributed by atoms with van der Waals surface area (Å²) >= 11 is 0. The molecule has 0 bridgehead atoms. The minimum absolute atomic E-state index is 0.162. The summed E-state index contributed by atoms with van der Waals surface area (Å²) in [4.78, 5) is 2.36. The topological polar surface area (TPSA) is 85.9 Å². The van der Waals surface area contributed by atoms with Crippen LogP contribution in [-0.2, 0) is 16.0 Å². The molecule has 4 rings (SSSR count). The first-order valence-electron chi connectivity index (χ1n) is 14.5. The Labute approximate surface area is 253 Å². The third kappa shape index (κ3) is 10.4. The summed E-state index contributed by atoms with van der Waals surface area (Å²) < 4.78 is 33.2. The van der Waals surface area contributed by atoms with E-state index in [9.17, 15) is 4.39 Å². The number of alkyl halides is 1. The lowest BCUT2D eigenvalue weighted by Gasteiger charge is -2.30. The van der Waals surface area contributed by atoms with Crippen molar-refractivity contribution in [3.63, 3.8) is 0 Å². The molecule has 42 heavy (non-hydrogen) atoms. The number of likely N-dealkylation sites (tertiary alicyclic amines) is 1. The average molecular weight is 616 g/mol. The zero-order valence-corrected chi connectivity index (χ0v) is 26.7. The molecule has 1 aliphatic rings.